The molecule has 0 spiro atoms. The second-order valence-corrected chi connectivity index (χ2v) is 11.2. The van der Waals surface area contributed by atoms with E-state index in [0.717, 1.165) is 51.4 Å². The summed E-state index contributed by atoms with van der Waals surface area (Å²) in [6.45, 7) is 8.85. The maximum atomic E-state index is 12.5. The van der Waals surface area contributed by atoms with Gasteiger partial charge in [0, 0.05) is 6.42 Å². The number of carbonyl (C=O) groups excluding carboxylic acids is 1. The van der Waals surface area contributed by atoms with Gasteiger partial charge in [-0.05, 0) is 109 Å². The van der Waals surface area contributed by atoms with Gasteiger partial charge in [0.05, 0.1) is 0 Å². The van der Waals surface area contributed by atoms with Gasteiger partial charge in [-0.3, -0.25) is 4.79 Å². The lowest BCUT2D eigenvalue weighted by atomic mass is 9.87. The molecule has 0 aromatic heterocycles. The Morgan fingerprint density at radius 1 is 0.500 bits per heavy atom. The minimum absolute atomic E-state index is 0.00393. The van der Waals surface area contributed by atoms with Gasteiger partial charge in [0.25, 0.3) is 0 Å². The van der Waals surface area contributed by atoms with Gasteiger partial charge in [0.15, 0.2) is 0 Å². The van der Waals surface area contributed by atoms with Crippen LogP contribution in [0.4, 0.5) is 0 Å². The van der Waals surface area contributed by atoms with E-state index in [-0.39, 0.29) is 12.1 Å². The van der Waals surface area contributed by atoms with Gasteiger partial charge in [0.2, 0.25) is 0 Å². The molecule has 0 fully saturated rings. The van der Waals surface area contributed by atoms with E-state index in [1.807, 2.05) is 0 Å². The fourth-order valence-corrected chi connectivity index (χ4v) is 5.02. The molecule has 0 saturated carbocycles. The van der Waals surface area contributed by atoms with Crippen LogP contribution in [0, 0.1) is 5.92 Å². The first-order valence-electron chi connectivity index (χ1n) is 16.8. The molecule has 0 aliphatic heterocycles. The molecule has 0 aliphatic carbocycles. The maximum Gasteiger partial charge on any atom is 0.306 e. The first-order valence-corrected chi connectivity index (χ1v) is 16.8. The molecule has 2 atom stereocenters. The predicted molar refractivity (Wildman–Crippen MR) is 170 cm³/mol. The molecule has 0 radical (unpaired) electrons. The van der Waals surface area contributed by atoms with Crippen LogP contribution in [0.3, 0.4) is 0 Å². The van der Waals surface area contributed by atoms with Crippen molar-refractivity contribution in [3.05, 3.63) is 36.5 Å². The minimum Gasteiger partial charge on any atom is -0.462 e. The van der Waals surface area contributed by atoms with Crippen LogP contribution in [0.15, 0.2) is 36.5 Å². The van der Waals surface area contributed by atoms with Crippen LogP contribution in [0.5, 0.6) is 0 Å². The first-order chi connectivity index (χ1) is 18.7. The van der Waals surface area contributed by atoms with Crippen molar-refractivity contribution in [3.63, 3.8) is 0 Å². The highest BCUT2D eigenvalue weighted by Crippen LogP contribution is 2.27. The molecule has 0 heterocycles. The summed E-state index contributed by atoms with van der Waals surface area (Å²) in [5.74, 6) is 0.482. The zero-order chi connectivity index (χ0) is 27.9. The smallest absolute Gasteiger partial charge is 0.306 e. The SMILES string of the molecule is CCCCCC=CCCCC(CCC/C=C\CCCCC)C(CCCC=CCCCCC)OC(=O)CCC. The highest BCUT2D eigenvalue weighted by Gasteiger charge is 2.24. The molecule has 0 aromatic rings. The Morgan fingerprint density at radius 2 is 0.868 bits per heavy atom. The second kappa shape index (κ2) is 30.2. The summed E-state index contributed by atoms with van der Waals surface area (Å²) in [5, 5.41) is 0. The second-order valence-electron chi connectivity index (χ2n) is 11.2. The molecule has 0 rings (SSSR count). The Morgan fingerprint density at radius 3 is 1.24 bits per heavy atom. The van der Waals surface area contributed by atoms with Crippen molar-refractivity contribution in [2.45, 2.75) is 181 Å². The Bertz CT molecular complexity index is 548. The summed E-state index contributed by atoms with van der Waals surface area (Å²) < 4.78 is 6.16. The van der Waals surface area contributed by atoms with E-state index >= 15 is 0 Å². The molecule has 222 valence electrons. The van der Waals surface area contributed by atoms with Crippen LogP contribution in [-0.2, 0) is 9.53 Å². The van der Waals surface area contributed by atoms with E-state index in [1.54, 1.807) is 0 Å². The third-order valence-electron chi connectivity index (χ3n) is 7.44. The zero-order valence-corrected chi connectivity index (χ0v) is 26.2. The number of carbonyl (C=O) groups is 1. The van der Waals surface area contributed by atoms with E-state index in [0.29, 0.717) is 12.3 Å². The lowest BCUT2D eigenvalue weighted by molar-refractivity contribution is -0.152. The average Bonchev–Trinajstić information content (AvgIpc) is 2.91. The number of esters is 1. The standard InChI is InChI=1S/C36H66O2/c1-5-9-12-15-18-21-24-27-31-34(32-28-25-22-19-16-13-10-6-2)35(38-36(37)30-8-4)33-29-26-23-20-17-14-11-7-3/h18-23,34-35H,5-17,24-33H2,1-4H3/b21-18-,22-19?,23-20?. The van der Waals surface area contributed by atoms with Crippen molar-refractivity contribution < 1.29 is 9.53 Å². The van der Waals surface area contributed by atoms with E-state index < -0.39 is 0 Å². The van der Waals surface area contributed by atoms with Crippen LogP contribution >= 0.6 is 0 Å². The summed E-state index contributed by atoms with van der Waals surface area (Å²) in [7, 11) is 0. The Labute approximate surface area is 239 Å². The normalized spacial score (nSPS) is 13.7. The maximum absolute atomic E-state index is 12.5. The topological polar surface area (TPSA) is 26.3 Å². The van der Waals surface area contributed by atoms with Gasteiger partial charge in [-0.1, -0.05) is 103 Å². The largest absolute Gasteiger partial charge is 0.462 e. The number of hydrogen-bond donors (Lipinski definition) is 0. The fraction of sp³-hybridized carbons (Fsp3) is 0.806. The Hall–Kier alpha value is -1.31. The molecular weight excluding hydrogens is 464 g/mol. The van der Waals surface area contributed by atoms with Gasteiger partial charge in [-0.25, -0.2) is 0 Å². The molecular formula is C36H66O2. The highest BCUT2D eigenvalue weighted by atomic mass is 16.5. The van der Waals surface area contributed by atoms with E-state index in [2.05, 4.69) is 64.2 Å². The monoisotopic (exact) mass is 531 g/mol. The van der Waals surface area contributed by atoms with E-state index in [1.165, 1.54) is 89.9 Å². The molecule has 0 N–H and O–H groups in total. The van der Waals surface area contributed by atoms with Gasteiger partial charge in [-0.2, -0.15) is 0 Å². The van der Waals surface area contributed by atoms with Gasteiger partial charge >= 0.3 is 5.97 Å². The minimum atomic E-state index is 0.00393. The van der Waals surface area contributed by atoms with Crippen molar-refractivity contribution >= 4 is 5.97 Å². The van der Waals surface area contributed by atoms with Crippen molar-refractivity contribution in [2.75, 3.05) is 0 Å². The van der Waals surface area contributed by atoms with Crippen molar-refractivity contribution in [1.29, 1.82) is 0 Å². The molecule has 38 heavy (non-hydrogen) atoms. The number of rotatable bonds is 28. The fourth-order valence-electron chi connectivity index (χ4n) is 5.02. The summed E-state index contributed by atoms with van der Waals surface area (Å²) in [5.41, 5.74) is 0. The third-order valence-corrected chi connectivity index (χ3v) is 7.44. The van der Waals surface area contributed by atoms with Crippen LogP contribution in [0.25, 0.3) is 0 Å². The van der Waals surface area contributed by atoms with Gasteiger partial charge in [0.1, 0.15) is 6.10 Å². The molecule has 2 unspecified atom stereocenters. The van der Waals surface area contributed by atoms with Crippen molar-refractivity contribution in [1.82, 2.24) is 0 Å². The number of allylic oxidation sites excluding steroid dienone is 6. The van der Waals surface area contributed by atoms with E-state index in [9.17, 15) is 4.79 Å². The third kappa shape index (κ3) is 25.0. The quantitative estimate of drug-likeness (QED) is 0.0571. The van der Waals surface area contributed by atoms with Gasteiger partial charge in [-0.15, -0.1) is 0 Å². The molecule has 0 saturated heterocycles. The predicted octanol–water partition coefficient (Wildman–Crippen LogP) is 12.2. The number of hydrogen-bond acceptors (Lipinski definition) is 2. The van der Waals surface area contributed by atoms with Crippen LogP contribution in [0.1, 0.15) is 175 Å². The number of ether oxygens (including phenoxy) is 1. The van der Waals surface area contributed by atoms with E-state index in [4.69, 9.17) is 4.74 Å². The summed E-state index contributed by atoms with van der Waals surface area (Å²) in [6, 6.07) is 0. The molecule has 0 bridgehead atoms. The van der Waals surface area contributed by atoms with Crippen LogP contribution in [-0.4, -0.2) is 12.1 Å². The van der Waals surface area contributed by atoms with Gasteiger partial charge < -0.3 is 4.74 Å². The van der Waals surface area contributed by atoms with Crippen molar-refractivity contribution in [3.8, 4) is 0 Å². The highest BCUT2D eigenvalue weighted by molar-refractivity contribution is 5.69. The molecule has 2 heteroatoms. The van der Waals surface area contributed by atoms with Crippen molar-refractivity contribution in [2.24, 2.45) is 5.92 Å². The van der Waals surface area contributed by atoms with Crippen LogP contribution < -0.4 is 0 Å². The van der Waals surface area contributed by atoms with Crippen LogP contribution in [0.2, 0.25) is 0 Å². The molecule has 0 aliphatic rings. The zero-order valence-electron chi connectivity index (χ0n) is 26.2. The first kappa shape index (κ1) is 36.7. The lowest BCUT2D eigenvalue weighted by Gasteiger charge is -2.27. The lowest BCUT2D eigenvalue weighted by Crippen LogP contribution is -2.27. The molecule has 0 aromatic carbocycles. The summed E-state index contributed by atoms with van der Waals surface area (Å²) in [6.07, 6.45) is 41.3. The average molecular weight is 531 g/mol. The molecule has 0 amide bonds. The summed E-state index contributed by atoms with van der Waals surface area (Å²) >= 11 is 0. The number of unbranched alkanes of at least 4 members (excludes halogenated alkanes) is 12. The Kier molecular flexibility index (Phi) is 29.2. The Balaban J connectivity index is 4.93. The molecule has 2 nitrogen and oxygen atoms in total. The summed E-state index contributed by atoms with van der Waals surface area (Å²) in [4.78, 5) is 12.5.